The third-order valence-corrected chi connectivity index (χ3v) is 11.0. The normalized spacial score (nSPS) is 14.8. The molecule has 0 N–H and O–H groups in total. The van der Waals surface area contributed by atoms with Crippen LogP contribution in [0.5, 0.6) is 0 Å². The van der Waals surface area contributed by atoms with E-state index in [1.54, 1.807) is 54.6 Å². The number of thiophene rings is 1. The molecule has 2 heterocycles. The smallest absolute Gasteiger partial charge is 0.197 e. The summed E-state index contributed by atoms with van der Waals surface area (Å²) < 4.78 is 15.1. The number of hydrogen-bond acceptors (Lipinski definition) is 4. The molecule has 8 rings (SSSR count). The summed E-state index contributed by atoms with van der Waals surface area (Å²) in [6.07, 6.45) is 1.70. The van der Waals surface area contributed by atoms with Gasteiger partial charge in [0.25, 0.3) is 0 Å². The Bertz CT molecular complexity index is 2330. The Morgan fingerprint density at radius 1 is 0.723 bits per heavy atom. The van der Waals surface area contributed by atoms with Gasteiger partial charge in [0.15, 0.2) is 11.6 Å². The van der Waals surface area contributed by atoms with Crippen LogP contribution in [0, 0.1) is 5.82 Å². The fraction of sp³-hybridized carbons (Fsp3) is 0.0769. The van der Waals surface area contributed by atoms with Crippen molar-refractivity contribution >= 4 is 90.9 Å². The second kappa shape index (κ2) is 10.9. The molecule has 0 radical (unpaired) electrons. The molecule has 1 aliphatic carbocycles. The Balaban J connectivity index is 1.37. The van der Waals surface area contributed by atoms with Crippen LogP contribution in [0.15, 0.2) is 103 Å². The van der Waals surface area contributed by atoms with Crippen LogP contribution in [-0.4, -0.2) is 11.6 Å². The molecule has 0 atom stereocenters. The minimum absolute atomic E-state index is 0.146. The van der Waals surface area contributed by atoms with Crippen LogP contribution in [0.2, 0.25) is 15.1 Å². The van der Waals surface area contributed by atoms with E-state index in [1.165, 1.54) is 17.4 Å². The quantitative estimate of drug-likeness (QED) is 0.137. The Hall–Kier alpha value is -4.26. The Kier molecular flexibility index (Phi) is 6.98. The zero-order valence-corrected chi connectivity index (χ0v) is 28.1. The lowest BCUT2D eigenvalue weighted by Crippen LogP contribution is -2.29. The second-order valence-corrected chi connectivity index (χ2v) is 14.5. The third kappa shape index (κ3) is 4.60. The van der Waals surface area contributed by atoms with Gasteiger partial charge in [-0.1, -0.05) is 103 Å². The number of fused-ring (bicyclic) bond motifs is 4. The van der Waals surface area contributed by atoms with Crippen molar-refractivity contribution in [1.29, 1.82) is 0 Å². The largest absolute Gasteiger partial charge is 0.301 e. The van der Waals surface area contributed by atoms with Gasteiger partial charge < -0.3 is 4.90 Å². The van der Waals surface area contributed by atoms with Gasteiger partial charge in [-0.3, -0.25) is 9.59 Å². The number of Topliss-reactive ketones (excluding diaryl/α,β-unsaturated/α-hetero) is 2. The lowest BCUT2D eigenvalue weighted by atomic mass is 9.74. The molecule has 0 saturated heterocycles. The van der Waals surface area contributed by atoms with Crippen molar-refractivity contribution in [3.05, 3.63) is 151 Å². The molecular weight excluding hydrogens is 672 g/mol. The molecule has 3 nitrogen and oxygen atoms in total. The molecule has 1 aromatic heterocycles. The maximum atomic E-state index is 15.1. The first-order chi connectivity index (χ1) is 22.5. The highest BCUT2D eigenvalue weighted by Crippen LogP contribution is 2.57. The van der Waals surface area contributed by atoms with E-state index in [-0.39, 0.29) is 23.0 Å². The molecule has 0 spiro atoms. The molecule has 0 unspecified atom stereocenters. The van der Waals surface area contributed by atoms with Crippen molar-refractivity contribution in [2.75, 3.05) is 4.90 Å². The molecule has 0 bridgehead atoms. The van der Waals surface area contributed by atoms with Crippen molar-refractivity contribution < 1.29 is 14.0 Å². The summed E-state index contributed by atoms with van der Waals surface area (Å²) in [6, 6.07) is 29.1. The average molecular weight is 695 g/mol. The van der Waals surface area contributed by atoms with E-state index in [1.807, 2.05) is 36.4 Å². The molecule has 5 aromatic carbocycles. The number of nitrogens with zero attached hydrogens (tertiary/aromatic N) is 1. The highest BCUT2D eigenvalue weighted by molar-refractivity contribution is 7.17. The van der Waals surface area contributed by atoms with Gasteiger partial charge in [0.05, 0.1) is 27.0 Å². The summed E-state index contributed by atoms with van der Waals surface area (Å²) in [5, 5.41) is 3.50. The second-order valence-electron chi connectivity index (χ2n) is 12.2. The van der Waals surface area contributed by atoms with E-state index >= 15 is 4.39 Å². The maximum absolute atomic E-state index is 15.1. The molecule has 1 aliphatic heterocycles. The Labute approximate surface area is 289 Å². The highest BCUT2D eigenvalue weighted by atomic mass is 35.5. The number of carbonyl (C=O) groups is 2. The van der Waals surface area contributed by atoms with Crippen LogP contribution in [0.4, 0.5) is 20.8 Å². The topological polar surface area (TPSA) is 37.4 Å². The van der Waals surface area contributed by atoms with Crippen LogP contribution in [0.1, 0.15) is 50.6 Å². The summed E-state index contributed by atoms with van der Waals surface area (Å²) in [6.45, 7) is 4.29. The van der Waals surface area contributed by atoms with E-state index in [0.29, 0.717) is 37.1 Å². The molecular formula is C39H23Cl3FNO2S. The van der Waals surface area contributed by atoms with Crippen molar-refractivity contribution in [2.45, 2.75) is 19.3 Å². The van der Waals surface area contributed by atoms with Crippen molar-refractivity contribution in [3.63, 3.8) is 0 Å². The number of allylic oxidation sites excluding steroid dienone is 1. The lowest BCUT2D eigenvalue weighted by Gasteiger charge is -2.40. The summed E-state index contributed by atoms with van der Waals surface area (Å²) in [4.78, 5) is 29.5. The highest BCUT2D eigenvalue weighted by Gasteiger charge is 2.40. The number of rotatable bonds is 3. The summed E-state index contributed by atoms with van der Waals surface area (Å²) in [5.74, 6) is -0.858. The predicted molar refractivity (Wildman–Crippen MR) is 192 cm³/mol. The fourth-order valence-corrected chi connectivity index (χ4v) is 9.09. The molecule has 0 amide bonds. The van der Waals surface area contributed by atoms with Crippen LogP contribution in [0.3, 0.4) is 0 Å². The number of halogens is 4. The van der Waals surface area contributed by atoms with Gasteiger partial charge in [0.2, 0.25) is 0 Å². The first-order valence-electron chi connectivity index (χ1n) is 14.9. The zero-order valence-electron chi connectivity index (χ0n) is 25.0. The van der Waals surface area contributed by atoms with Gasteiger partial charge in [-0.25, -0.2) is 4.39 Å². The summed E-state index contributed by atoms with van der Waals surface area (Å²) >= 11 is 21.1. The van der Waals surface area contributed by atoms with Gasteiger partial charge in [0.1, 0.15) is 10.8 Å². The standard InChI is InChI=1S/C39H23Cl3FNO2S/c1-39(2)28-15-20(35-30(41)16-21(40)17-31(35)42)11-13-34(28)44(33-14-12-32(43)23-7-3-4-8-24(23)33)38-29(39)19-22(47-38)18-27-36(45)25-9-5-6-10-26(25)37(27)46/h3-19H,1-2H3. The molecule has 2 aliphatic rings. The summed E-state index contributed by atoms with van der Waals surface area (Å²) in [5.41, 5.74) is 5.66. The van der Waals surface area contributed by atoms with Crippen LogP contribution >= 0.6 is 46.1 Å². The minimum atomic E-state index is -0.529. The van der Waals surface area contributed by atoms with E-state index in [2.05, 4.69) is 24.8 Å². The number of ketones is 2. The fourth-order valence-electron chi connectivity index (χ4n) is 6.77. The number of hydrogen-bond donors (Lipinski definition) is 0. The number of anilines is 3. The van der Waals surface area contributed by atoms with Crippen molar-refractivity contribution in [2.24, 2.45) is 0 Å². The van der Waals surface area contributed by atoms with E-state index < -0.39 is 5.41 Å². The van der Waals surface area contributed by atoms with Gasteiger partial charge in [-0.2, -0.15) is 0 Å². The predicted octanol–water partition coefficient (Wildman–Crippen LogP) is 12.2. The van der Waals surface area contributed by atoms with Gasteiger partial charge in [0, 0.05) is 42.8 Å². The number of carbonyl (C=O) groups excluding carboxylic acids is 2. The first-order valence-corrected chi connectivity index (χ1v) is 16.8. The van der Waals surface area contributed by atoms with Crippen LogP contribution in [0.25, 0.3) is 28.0 Å². The van der Waals surface area contributed by atoms with E-state index in [4.69, 9.17) is 34.8 Å². The molecule has 8 heteroatoms. The lowest BCUT2D eigenvalue weighted by molar-refractivity contribution is 0.0990. The number of benzene rings is 5. The monoisotopic (exact) mass is 693 g/mol. The Morgan fingerprint density at radius 2 is 1.34 bits per heavy atom. The molecule has 47 heavy (non-hydrogen) atoms. The van der Waals surface area contributed by atoms with Crippen molar-refractivity contribution in [3.8, 4) is 11.1 Å². The molecule has 0 saturated carbocycles. The molecule has 0 fully saturated rings. The zero-order chi connectivity index (χ0) is 32.8. The van der Waals surface area contributed by atoms with Crippen LogP contribution in [-0.2, 0) is 5.41 Å². The van der Waals surface area contributed by atoms with Crippen LogP contribution < -0.4 is 4.90 Å². The van der Waals surface area contributed by atoms with E-state index in [9.17, 15) is 9.59 Å². The third-order valence-electron chi connectivity index (χ3n) is 9.10. The molecule has 230 valence electrons. The van der Waals surface area contributed by atoms with Gasteiger partial charge >= 0.3 is 0 Å². The summed E-state index contributed by atoms with van der Waals surface area (Å²) in [7, 11) is 0. The molecule has 6 aromatic rings. The average Bonchev–Trinajstić information content (AvgIpc) is 3.58. The SMILES string of the molecule is CC1(C)c2cc(-c3c(Cl)cc(Cl)cc3Cl)ccc2N(c2ccc(F)c3ccccc23)c2sc(C=C3C(=O)c4ccccc4C3=O)cc21. The Morgan fingerprint density at radius 3 is 2.02 bits per heavy atom. The van der Waals surface area contributed by atoms with Crippen molar-refractivity contribution in [1.82, 2.24) is 0 Å². The maximum Gasteiger partial charge on any atom is 0.197 e. The first kappa shape index (κ1) is 30.1. The van der Waals surface area contributed by atoms with E-state index in [0.717, 1.165) is 43.3 Å². The minimum Gasteiger partial charge on any atom is -0.301 e. The van der Waals surface area contributed by atoms with Gasteiger partial charge in [-0.15, -0.1) is 11.3 Å². The van der Waals surface area contributed by atoms with Gasteiger partial charge in [-0.05, 0) is 65.2 Å².